The van der Waals surface area contributed by atoms with Gasteiger partial charge in [0.25, 0.3) is 0 Å². The van der Waals surface area contributed by atoms with E-state index in [1.807, 2.05) is 0 Å². The highest BCUT2D eigenvalue weighted by atomic mass is 32.2. The molecule has 0 radical (unpaired) electrons. The topological polar surface area (TPSA) is 92.7 Å². The van der Waals surface area contributed by atoms with Crippen molar-refractivity contribution in [2.75, 3.05) is 20.3 Å². The van der Waals surface area contributed by atoms with Crippen molar-refractivity contribution in [3.05, 3.63) is 0 Å². The standard InChI is InChI=1S/C11H21NO5S/c1-17-11(14)9-5-4-6-10(9)18(15,16)12-7-2-3-8-13/h9-10,12-13H,2-8H2,1H3. The van der Waals surface area contributed by atoms with Crippen LogP contribution in [-0.2, 0) is 19.6 Å². The molecular weight excluding hydrogens is 258 g/mol. The first kappa shape index (κ1) is 15.4. The van der Waals surface area contributed by atoms with Gasteiger partial charge in [-0.25, -0.2) is 13.1 Å². The fourth-order valence-electron chi connectivity index (χ4n) is 2.28. The highest BCUT2D eigenvalue weighted by Gasteiger charge is 2.41. The molecule has 18 heavy (non-hydrogen) atoms. The SMILES string of the molecule is COC(=O)C1CCCC1S(=O)(=O)NCCCCO. The molecule has 0 aromatic carbocycles. The van der Waals surface area contributed by atoms with Crippen molar-refractivity contribution < 1.29 is 23.1 Å². The normalized spacial score (nSPS) is 24.1. The van der Waals surface area contributed by atoms with E-state index in [9.17, 15) is 13.2 Å². The minimum absolute atomic E-state index is 0.0515. The molecule has 106 valence electrons. The van der Waals surface area contributed by atoms with Crippen LogP contribution in [0.1, 0.15) is 32.1 Å². The molecule has 0 bridgehead atoms. The fourth-order valence-corrected chi connectivity index (χ4v) is 4.08. The second-order valence-corrected chi connectivity index (χ2v) is 6.45. The van der Waals surface area contributed by atoms with Gasteiger partial charge in [0.1, 0.15) is 0 Å². The molecule has 1 rings (SSSR count). The third-order valence-electron chi connectivity index (χ3n) is 3.24. The fraction of sp³-hybridized carbons (Fsp3) is 0.909. The predicted molar refractivity (Wildman–Crippen MR) is 66.4 cm³/mol. The van der Waals surface area contributed by atoms with Crippen LogP contribution in [0, 0.1) is 5.92 Å². The lowest BCUT2D eigenvalue weighted by Gasteiger charge is -2.18. The molecule has 0 spiro atoms. The Morgan fingerprint density at radius 2 is 2.11 bits per heavy atom. The molecule has 0 saturated heterocycles. The van der Waals surface area contributed by atoms with Gasteiger partial charge in [0, 0.05) is 13.2 Å². The van der Waals surface area contributed by atoms with E-state index in [4.69, 9.17) is 5.11 Å². The van der Waals surface area contributed by atoms with Crippen LogP contribution in [0.5, 0.6) is 0 Å². The van der Waals surface area contributed by atoms with Crippen LogP contribution in [0.4, 0.5) is 0 Å². The van der Waals surface area contributed by atoms with Crippen molar-refractivity contribution in [2.45, 2.75) is 37.4 Å². The monoisotopic (exact) mass is 279 g/mol. The minimum atomic E-state index is -3.48. The molecule has 2 N–H and O–H groups in total. The Bertz CT molecular complexity index is 368. The summed E-state index contributed by atoms with van der Waals surface area (Å²) in [6, 6.07) is 0. The molecule has 6 nitrogen and oxygen atoms in total. The second-order valence-electron chi connectivity index (χ2n) is 4.47. The van der Waals surface area contributed by atoms with Gasteiger partial charge in [-0.2, -0.15) is 0 Å². The number of hydrogen-bond donors (Lipinski definition) is 2. The van der Waals surface area contributed by atoms with Crippen LogP contribution in [0.2, 0.25) is 0 Å². The Balaban J connectivity index is 2.57. The van der Waals surface area contributed by atoms with Crippen molar-refractivity contribution in [2.24, 2.45) is 5.92 Å². The first-order valence-corrected chi connectivity index (χ1v) is 7.74. The number of esters is 1. The van der Waals surface area contributed by atoms with Crippen LogP contribution < -0.4 is 4.72 Å². The summed E-state index contributed by atoms with van der Waals surface area (Å²) in [6.45, 7) is 0.350. The van der Waals surface area contributed by atoms with Crippen LogP contribution in [0.25, 0.3) is 0 Å². The van der Waals surface area contributed by atoms with Gasteiger partial charge in [0.15, 0.2) is 0 Å². The highest BCUT2D eigenvalue weighted by molar-refractivity contribution is 7.90. The molecule has 1 aliphatic rings. The van der Waals surface area contributed by atoms with Crippen LogP contribution in [0.15, 0.2) is 0 Å². The Hall–Kier alpha value is -0.660. The minimum Gasteiger partial charge on any atom is -0.469 e. The number of unbranched alkanes of at least 4 members (excludes halogenated alkanes) is 1. The van der Waals surface area contributed by atoms with Crippen LogP contribution in [-0.4, -0.2) is 45.0 Å². The van der Waals surface area contributed by atoms with Crippen LogP contribution >= 0.6 is 0 Å². The van der Waals surface area contributed by atoms with Crippen molar-refractivity contribution in [3.63, 3.8) is 0 Å². The highest BCUT2D eigenvalue weighted by Crippen LogP contribution is 2.31. The maximum Gasteiger partial charge on any atom is 0.310 e. The van der Waals surface area contributed by atoms with E-state index in [0.717, 1.165) is 6.42 Å². The van der Waals surface area contributed by atoms with Crippen molar-refractivity contribution >= 4 is 16.0 Å². The molecule has 2 unspecified atom stereocenters. The Kier molecular flexibility index (Phi) is 6.04. The maximum atomic E-state index is 12.0. The van der Waals surface area contributed by atoms with Gasteiger partial charge in [-0.15, -0.1) is 0 Å². The lowest BCUT2D eigenvalue weighted by Crippen LogP contribution is -2.39. The van der Waals surface area contributed by atoms with Gasteiger partial charge in [0.05, 0.1) is 18.3 Å². The van der Waals surface area contributed by atoms with E-state index in [2.05, 4.69) is 9.46 Å². The van der Waals surface area contributed by atoms with Crippen molar-refractivity contribution in [3.8, 4) is 0 Å². The number of aliphatic hydroxyl groups excluding tert-OH is 1. The van der Waals surface area contributed by atoms with Gasteiger partial charge >= 0.3 is 5.97 Å². The largest absolute Gasteiger partial charge is 0.469 e. The smallest absolute Gasteiger partial charge is 0.310 e. The molecule has 1 aliphatic carbocycles. The summed E-state index contributed by atoms with van der Waals surface area (Å²) in [5, 5.41) is 7.93. The molecule has 0 amide bonds. The molecule has 1 saturated carbocycles. The lowest BCUT2D eigenvalue weighted by molar-refractivity contribution is -0.145. The Morgan fingerprint density at radius 1 is 1.39 bits per heavy atom. The summed E-state index contributed by atoms with van der Waals surface area (Å²) in [4.78, 5) is 11.5. The van der Waals surface area contributed by atoms with E-state index in [0.29, 0.717) is 32.2 Å². The summed E-state index contributed by atoms with van der Waals surface area (Å²) in [5.74, 6) is -0.997. The molecule has 2 atom stereocenters. The van der Waals surface area contributed by atoms with Gasteiger partial charge < -0.3 is 9.84 Å². The van der Waals surface area contributed by atoms with E-state index in [1.165, 1.54) is 7.11 Å². The zero-order valence-corrected chi connectivity index (χ0v) is 11.4. The number of methoxy groups -OCH3 is 1. The van der Waals surface area contributed by atoms with E-state index in [1.54, 1.807) is 0 Å². The number of aliphatic hydroxyl groups is 1. The van der Waals surface area contributed by atoms with Gasteiger partial charge in [-0.1, -0.05) is 6.42 Å². The number of rotatable bonds is 7. The van der Waals surface area contributed by atoms with Crippen LogP contribution in [0.3, 0.4) is 0 Å². The van der Waals surface area contributed by atoms with Gasteiger partial charge in [0.2, 0.25) is 10.0 Å². The average molecular weight is 279 g/mol. The lowest BCUT2D eigenvalue weighted by atomic mass is 10.1. The molecule has 0 heterocycles. The second kappa shape index (κ2) is 7.06. The maximum absolute atomic E-state index is 12.0. The quantitative estimate of drug-likeness (QED) is 0.506. The third kappa shape index (κ3) is 3.93. The van der Waals surface area contributed by atoms with Gasteiger partial charge in [-0.3, -0.25) is 4.79 Å². The van der Waals surface area contributed by atoms with E-state index in [-0.39, 0.29) is 6.61 Å². The summed E-state index contributed by atoms with van der Waals surface area (Å²) in [6.07, 6.45) is 2.94. The molecule has 1 fully saturated rings. The number of hydrogen-bond acceptors (Lipinski definition) is 5. The molecule has 0 aromatic rings. The predicted octanol–water partition coefficient (Wildman–Crippen LogP) is 0.0200. The van der Waals surface area contributed by atoms with E-state index < -0.39 is 27.2 Å². The number of sulfonamides is 1. The first-order chi connectivity index (χ1) is 8.53. The molecule has 0 aromatic heterocycles. The average Bonchev–Trinajstić information content (AvgIpc) is 2.83. The molecular formula is C11H21NO5S. The Labute approximate surface area is 108 Å². The number of nitrogens with one attached hydrogen (secondary N) is 1. The van der Waals surface area contributed by atoms with Crippen molar-refractivity contribution in [1.82, 2.24) is 4.72 Å². The van der Waals surface area contributed by atoms with E-state index >= 15 is 0 Å². The zero-order valence-electron chi connectivity index (χ0n) is 10.6. The van der Waals surface area contributed by atoms with Gasteiger partial charge in [-0.05, 0) is 25.7 Å². The summed E-state index contributed by atoms with van der Waals surface area (Å²) < 4.78 is 31.2. The molecule has 0 aliphatic heterocycles. The number of carbonyl (C=O) groups is 1. The zero-order chi connectivity index (χ0) is 13.6. The summed E-state index contributed by atoms with van der Waals surface area (Å²) in [5.41, 5.74) is 0. The first-order valence-electron chi connectivity index (χ1n) is 6.20. The Morgan fingerprint density at radius 3 is 2.72 bits per heavy atom. The molecule has 7 heteroatoms. The number of carbonyl (C=O) groups excluding carboxylic acids is 1. The van der Waals surface area contributed by atoms with Crippen molar-refractivity contribution in [1.29, 1.82) is 0 Å². The summed E-state index contributed by atoms with van der Waals surface area (Å²) >= 11 is 0. The summed E-state index contributed by atoms with van der Waals surface area (Å²) in [7, 11) is -2.20. The number of ether oxygens (including phenoxy) is 1. The third-order valence-corrected chi connectivity index (χ3v) is 5.21.